The Kier molecular flexibility index (Phi) is 4.39. The van der Waals surface area contributed by atoms with E-state index in [1.807, 2.05) is 0 Å². The zero-order valence-electron chi connectivity index (χ0n) is 9.42. The van der Waals surface area contributed by atoms with Crippen LogP contribution in [-0.4, -0.2) is 26.8 Å². The number of hydrogen-bond donors (Lipinski definition) is 0. The van der Waals surface area contributed by atoms with Gasteiger partial charge in [-0.25, -0.2) is 0 Å². The van der Waals surface area contributed by atoms with Gasteiger partial charge in [-0.3, -0.25) is 0 Å². The Balaban J connectivity index is 3.24. The van der Waals surface area contributed by atoms with E-state index in [0.717, 1.165) is 0 Å². The molecule has 0 saturated heterocycles. The van der Waals surface area contributed by atoms with E-state index in [9.17, 15) is 13.2 Å². The Morgan fingerprint density at radius 3 is 1.71 bits per heavy atom. The summed E-state index contributed by atoms with van der Waals surface area (Å²) in [5, 5.41) is 0. The lowest BCUT2D eigenvalue weighted by molar-refractivity contribution is -0.0329. The lowest BCUT2D eigenvalue weighted by Crippen LogP contribution is -2.02. The molecule has 0 bridgehead atoms. The van der Waals surface area contributed by atoms with Crippen LogP contribution in [-0.2, 0) is 0 Å². The van der Waals surface area contributed by atoms with Crippen molar-refractivity contribution in [2.24, 2.45) is 0 Å². The minimum absolute atomic E-state index is 0.0588. The van der Waals surface area contributed by atoms with Crippen molar-refractivity contribution in [1.82, 2.24) is 0 Å². The molecule has 1 aromatic carbocycles. The van der Waals surface area contributed by atoms with Crippen molar-refractivity contribution in [3.63, 3.8) is 0 Å². The van der Waals surface area contributed by atoms with Crippen LogP contribution in [0.5, 0.6) is 17.2 Å². The first-order valence-electron chi connectivity index (χ1n) is 4.47. The Labute approximate surface area is 101 Å². The quantitative estimate of drug-likeness (QED) is 0.783. The van der Waals surface area contributed by atoms with Crippen LogP contribution in [0.4, 0.5) is 13.2 Å². The highest BCUT2D eigenvalue weighted by Gasteiger charge is 2.33. The Hall–Kier alpha value is -1.24. The third kappa shape index (κ3) is 3.62. The minimum atomic E-state index is -4.41. The standard InChI is InChI=1S/C10H11F3O3S/c1-14-6-4-7(15-2)9(8(5-6)16-3)17-10(11,12)13/h4-5H,1-3H3. The van der Waals surface area contributed by atoms with Crippen molar-refractivity contribution in [3.8, 4) is 17.2 Å². The topological polar surface area (TPSA) is 27.7 Å². The molecule has 0 aromatic heterocycles. The second-order valence-electron chi connectivity index (χ2n) is 2.91. The molecule has 17 heavy (non-hydrogen) atoms. The molecule has 0 spiro atoms. The summed E-state index contributed by atoms with van der Waals surface area (Å²) in [6, 6.07) is 2.74. The Morgan fingerprint density at radius 1 is 0.941 bits per heavy atom. The number of methoxy groups -OCH3 is 3. The van der Waals surface area contributed by atoms with Gasteiger partial charge in [0.05, 0.1) is 21.3 Å². The summed E-state index contributed by atoms with van der Waals surface area (Å²) in [4.78, 5) is -0.122. The number of alkyl halides is 3. The molecule has 0 radical (unpaired) electrons. The van der Waals surface area contributed by atoms with E-state index < -0.39 is 5.51 Å². The number of rotatable bonds is 4. The van der Waals surface area contributed by atoms with E-state index in [-0.39, 0.29) is 28.2 Å². The van der Waals surface area contributed by atoms with Crippen molar-refractivity contribution in [2.45, 2.75) is 10.4 Å². The van der Waals surface area contributed by atoms with Gasteiger partial charge in [0.1, 0.15) is 22.1 Å². The minimum Gasteiger partial charge on any atom is -0.496 e. The molecule has 3 nitrogen and oxygen atoms in total. The smallest absolute Gasteiger partial charge is 0.446 e. The van der Waals surface area contributed by atoms with Crippen LogP contribution >= 0.6 is 11.8 Å². The average molecular weight is 268 g/mol. The molecule has 0 heterocycles. The highest BCUT2D eigenvalue weighted by molar-refractivity contribution is 8.00. The van der Waals surface area contributed by atoms with Crippen LogP contribution in [0, 0.1) is 0 Å². The van der Waals surface area contributed by atoms with E-state index >= 15 is 0 Å². The zero-order valence-corrected chi connectivity index (χ0v) is 10.2. The highest BCUT2D eigenvalue weighted by atomic mass is 32.2. The lowest BCUT2D eigenvalue weighted by Gasteiger charge is -2.15. The highest BCUT2D eigenvalue weighted by Crippen LogP contribution is 2.47. The summed E-state index contributed by atoms with van der Waals surface area (Å²) in [5.41, 5.74) is -4.41. The van der Waals surface area contributed by atoms with Crippen LogP contribution in [0.2, 0.25) is 0 Å². The summed E-state index contributed by atoms with van der Waals surface area (Å²) >= 11 is -0.283. The number of ether oxygens (including phenoxy) is 3. The summed E-state index contributed by atoms with van der Waals surface area (Å²) in [6.07, 6.45) is 0. The van der Waals surface area contributed by atoms with Gasteiger partial charge in [0.25, 0.3) is 0 Å². The lowest BCUT2D eigenvalue weighted by atomic mass is 10.3. The molecule has 1 rings (SSSR count). The van der Waals surface area contributed by atoms with Crippen LogP contribution < -0.4 is 14.2 Å². The van der Waals surface area contributed by atoms with E-state index in [1.54, 1.807) is 0 Å². The fourth-order valence-electron chi connectivity index (χ4n) is 1.19. The molecule has 0 unspecified atom stereocenters. The van der Waals surface area contributed by atoms with Crippen molar-refractivity contribution in [2.75, 3.05) is 21.3 Å². The van der Waals surface area contributed by atoms with Gasteiger partial charge in [0, 0.05) is 12.1 Å². The second kappa shape index (κ2) is 5.39. The van der Waals surface area contributed by atoms with Crippen molar-refractivity contribution >= 4 is 11.8 Å². The average Bonchev–Trinajstić information content (AvgIpc) is 2.27. The van der Waals surface area contributed by atoms with E-state index in [0.29, 0.717) is 5.75 Å². The fraction of sp³-hybridized carbons (Fsp3) is 0.400. The van der Waals surface area contributed by atoms with Crippen LogP contribution in [0.1, 0.15) is 0 Å². The molecule has 0 fully saturated rings. The monoisotopic (exact) mass is 268 g/mol. The summed E-state index contributed by atoms with van der Waals surface area (Å²) in [5.74, 6) is 0.484. The van der Waals surface area contributed by atoms with Gasteiger partial charge in [-0.2, -0.15) is 13.2 Å². The predicted molar refractivity (Wildman–Crippen MR) is 58.0 cm³/mol. The van der Waals surface area contributed by atoms with Gasteiger partial charge >= 0.3 is 5.51 Å². The third-order valence-electron chi connectivity index (χ3n) is 1.89. The summed E-state index contributed by atoms with van der Waals surface area (Å²) in [6.45, 7) is 0. The second-order valence-corrected chi connectivity index (χ2v) is 3.98. The molecular formula is C10H11F3O3S. The van der Waals surface area contributed by atoms with E-state index in [1.165, 1.54) is 33.5 Å². The maximum atomic E-state index is 12.4. The van der Waals surface area contributed by atoms with Crippen molar-refractivity contribution in [3.05, 3.63) is 12.1 Å². The first-order valence-corrected chi connectivity index (χ1v) is 5.28. The Morgan fingerprint density at radius 2 is 1.41 bits per heavy atom. The Bertz CT molecular complexity index is 368. The predicted octanol–water partition coefficient (Wildman–Crippen LogP) is 3.32. The van der Waals surface area contributed by atoms with Gasteiger partial charge in [0.15, 0.2) is 0 Å². The van der Waals surface area contributed by atoms with Crippen LogP contribution in [0.25, 0.3) is 0 Å². The fourth-order valence-corrected chi connectivity index (χ4v) is 1.91. The largest absolute Gasteiger partial charge is 0.496 e. The number of thioether (sulfide) groups is 1. The molecule has 0 aliphatic rings. The van der Waals surface area contributed by atoms with Crippen molar-refractivity contribution in [1.29, 1.82) is 0 Å². The van der Waals surface area contributed by atoms with Crippen LogP contribution in [0.15, 0.2) is 17.0 Å². The molecule has 0 aliphatic carbocycles. The van der Waals surface area contributed by atoms with E-state index in [2.05, 4.69) is 0 Å². The number of hydrogen-bond acceptors (Lipinski definition) is 4. The van der Waals surface area contributed by atoms with Crippen LogP contribution in [0.3, 0.4) is 0 Å². The normalized spacial score (nSPS) is 11.2. The molecular weight excluding hydrogens is 257 g/mol. The SMILES string of the molecule is COc1cc(OC)c(SC(F)(F)F)c(OC)c1. The molecule has 1 aromatic rings. The van der Waals surface area contributed by atoms with Gasteiger partial charge in [-0.05, 0) is 11.8 Å². The van der Waals surface area contributed by atoms with Gasteiger partial charge in [-0.15, -0.1) is 0 Å². The molecule has 0 saturated carbocycles. The summed E-state index contributed by atoms with van der Waals surface area (Å²) < 4.78 is 51.9. The van der Waals surface area contributed by atoms with Gasteiger partial charge in [0.2, 0.25) is 0 Å². The molecule has 0 aliphatic heterocycles. The molecule has 0 amide bonds. The number of halogens is 3. The summed E-state index contributed by atoms with van der Waals surface area (Å²) in [7, 11) is 3.98. The maximum absolute atomic E-state index is 12.4. The first kappa shape index (κ1) is 13.8. The maximum Gasteiger partial charge on any atom is 0.446 e. The molecule has 7 heteroatoms. The first-order chi connectivity index (χ1) is 7.91. The van der Waals surface area contributed by atoms with E-state index in [4.69, 9.17) is 14.2 Å². The molecule has 96 valence electrons. The van der Waals surface area contributed by atoms with Crippen molar-refractivity contribution < 1.29 is 27.4 Å². The molecule has 0 atom stereocenters. The van der Waals surface area contributed by atoms with Gasteiger partial charge < -0.3 is 14.2 Å². The third-order valence-corrected chi connectivity index (χ3v) is 2.73. The van der Waals surface area contributed by atoms with Gasteiger partial charge in [-0.1, -0.05) is 0 Å². The molecule has 0 N–H and O–H groups in total. The zero-order chi connectivity index (χ0) is 13.1. The number of benzene rings is 1.